The third-order valence-electron chi connectivity index (χ3n) is 5.52. The molecule has 0 fully saturated rings. The van der Waals surface area contributed by atoms with E-state index in [9.17, 15) is 9.59 Å². The summed E-state index contributed by atoms with van der Waals surface area (Å²) in [7, 11) is 0. The first-order valence-electron chi connectivity index (χ1n) is 10.8. The number of aromatic amines is 1. The Labute approximate surface area is 196 Å². The molecule has 0 saturated heterocycles. The highest BCUT2D eigenvalue weighted by Gasteiger charge is 2.15. The largest absolute Gasteiger partial charge is 0.325 e. The zero-order chi connectivity index (χ0) is 23.7. The second-order valence-electron chi connectivity index (χ2n) is 8.55. The van der Waals surface area contributed by atoms with Gasteiger partial charge in [-0.1, -0.05) is 67.6 Å². The number of hydrogen-bond donors (Lipinski definition) is 2. The standard InChI is InChI=1S/C25H27N5O2S/c1-14(2)18-6-8-19(9-7-18)20-12-21-24(32)27-28-25(30(21)29-20)33-13-22(31)26-23-16(4)10-15(3)11-17(23)5/h6-12,14H,13H2,1-5H3,(H,26,31)(H,27,32). The number of nitrogens with zero attached hydrogens (tertiary/aromatic N) is 3. The minimum atomic E-state index is -0.327. The quantitative estimate of drug-likeness (QED) is 0.400. The number of anilines is 1. The molecule has 4 aromatic rings. The van der Waals surface area contributed by atoms with E-state index in [0.29, 0.717) is 22.3 Å². The third kappa shape index (κ3) is 4.85. The lowest BCUT2D eigenvalue weighted by Gasteiger charge is -2.12. The van der Waals surface area contributed by atoms with E-state index >= 15 is 0 Å². The maximum absolute atomic E-state index is 12.6. The number of fused-ring (bicyclic) bond motifs is 1. The highest BCUT2D eigenvalue weighted by Crippen LogP contribution is 2.25. The highest BCUT2D eigenvalue weighted by molar-refractivity contribution is 7.99. The zero-order valence-electron chi connectivity index (χ0n) is 19.4. The molecule has 2 heterocycles. The summed E-state index contributed by atoms with van der Waals surface area (Å²) in [5, 5.41) is 14.7. The van der Waals surface area contributed by atoms with Crippen LogP contribution in [0.5, 0.6) is 0 Å². The van der Waals surface area contributed by atoms with Gasteiger partial charge in [-0.3, -0.25) is 9.59 Å². The van der Waals surface area contributed by atoms with Gasteiger partial charge in [-0.15, -0.1) is 5.10 Å². The van der Waals surface area contributed by atoms with Crippen LogP contribution in [0.15, 0.2) is 52.4 Å². The van der Waals surface area contributed by atoms with Gasteiger partial charge in [0.15, 0.2) is 0 Å². The second-order valence-corrected chi connectivity index (χ2v) is 9.49. The summed E-state index contributed by atoms with van der Waals surface area (Å²) in [4.78, 5) is 25.0. The lowest BCUT2D eigenvalue weighted by molar-refractivity contribution is -0.113. The average Bonchev–Trinajstić information content (AvgIpc) is 3.22. The number of hydrogen-bond acceptors (Lipinski definition) is 5. The second kappa shape index (κ2) is 9.23. The number of thioether (sulfide) groups is 1. The van der Waals surface area contributed by atoms with Crippen LogP contribution >= 0.6 is 11.8 Å². The molecule has 7 nitrogen and oxygen atoms in total. The SMILES string of the molecule is Cc1cc(C)c(NC(=O)CSc2n[nH]c(=O)c3cc(-c4ccc(C(C)C)cc4)nn23)c(C)c1. The molecule has 0 aliphatic heterocycles. The number of nitrogens with one attached hydrogen (secondary N) is 2. The van der Waals surface area contributed by atoms with E-state index in [0.717, 1.165) is 27.9 Å². The smallest absolute Gasteiger partial charge is 0.290 e. The van der Waals surface area contributed by atoms with Gasteiger partial charge >= 0.3 is 0 Å². The Hall–Kier alpha value is -3.39. The number of aryl methyl sites for hydroxylation is 3. The molecule has 0 spiro atoms. The Morgan fingerprint density at radius 3 is 2.39 bits per heavy atom. The molecule has 33 heavy (non-hydrogen) atoms. The fraction of sp³-hybridized carbons (Fsp3) is 0.280. The van der Waals surface area contributed by atoms with E-state index < -0.39 is 0 Å². The molecular weight excluding hydrogens is 434 g/mol. The Balaban J connectivity index is 1.55. The Bertz CT molecular complexity index is 1360. The van der Waals surface area contributed by atoms with Crippen molar-refractivity contribution in [2.24, 2.45) is 0 Å². The molecule has 4 rings (SSSR count). The summed E-state index contributed by atoms with van der Waals surface area (Å²) in [5.41, 5.74) is 6.94. The minimum Gasteiger partial charge on any atom is -0.325 e. The van der Waals surface area contributed by atoms with Crippen molar-refractivity contribution in [1.82, 2.24) is 19.8 Å². The predicted octanol–water partition coefficient (Wildman–Crippen LogP) is 4.86. The van der Waals surface area contributed by atoms with Crippen LogP contribution in [-0.4, -0.2) is 31.5 Å². The van der Waals surface area contributed by atoms with Crippen LogP contribution in [0.4, 0.5) is 5.69 Å². The molecule has 170 valence electrons. The molecule has 0 unspecified atom stereocenters. The van der Waals surface area contributed by atoms with Crippen LogP contribution in [0.2, 0.25) is 0 Å². The molecule has 2 aromatic heterocycles. The van der Waals surface area contributed by atoms with Crippen LogP contribution in [0.1, 0.15) is 42.0 Å². The Morgan fingerprint density at radius 1 is 1.09 bits per heavy atom. The van der Waals surface area contributed by atoms with Gasteiger partial charge in [0.1, 0.15) is 5.52 Å². The van der Waals surface area contributed by atoms with Gasteiger partial charge in [0, 0.05) is 11.3 Å². The van der Waals surface area contributed by atoms with Crippen LogP contribution in [-0.2, 0) is 4.79 Å². The van der Waals surface area contributed by atoms with Gasteiger partial charge in [0.2, 0.25) is 11.1 Å². The van der Waals surface area contributed by atoms with Crippen LogP contribution in [0.25, 0.3) is 16.8 Å². The lowest BCUT2D eigenvalue weighted by atomic mass is 10.0. The van der Waals surface area contributed by atoms with Crippen molar-refractivity contribution < 1.29 is 4.79 Å². The molecule has 0 aliphatic carbocycles. The number of carbonyl (C=O) groups excluding carboxylic acids is 1. The van der Waals surface area contributed by atoms with Crippen molar-refractivity contribution in [1.29, 1.82) is 0 Å². The fourth-order valence-electron chi connectivity index (χ4n) is 3.85. The van der Waals surface area contributed by atoms with Crippen molar-refractivity contribution >= 4 is 28.9 Å². The molecular formula is C25H27N5O2S. The van der Waals surface area contributed by atoms with E-state index in [-0.39, 0.29) is 17.2 Å². The van der Waals surface area contributed by atoms with Crippen molar-refractivity contribution in [2.75, 3.05) is 11.1 Å². The normalized spacial score (nSPS) is 11.3. The monoisotopic (exact) mass is 461 g/mol. The number of carbonyl (C=O) groups is 1. The first-order chi connectivity index (χ1) is 15.7. The van der Waals surface area contributed by atoms with E-state index in [1.807, 2.05) is 45.0 Å². The maximum atomic E-state index is 12.6. The lowest BCUT2D eigenvalue weighted by Crippen LogP contribution is -2.18. The molecule has 2 aromatic carbocycles. The summed E-state index contributed by atoms with van der Waals surface area (Å²) in [6.45, 7) is 10.3. The van der Waals surface area contributed by atoms with Crippen LogP contribution in [0, 0.1) is 20.8 Å². The Kier molecular flexibility index (Phi) is 6.37. The van der Waals surface area contributed by atoms with Gasteiger partial charge in [0.05, 0.1) is 11.4 Å². The van der Waals surface area contributed by atoms with Crippen molar-refractivity contribution in [3.63, 3.8) is 0 Å². The van der Waals surface area contributed by atoms with Crippen molar-refractivity contribution in [3.8, 4) is 11.3 Å². The van der Waals surface area contributed by atoms with Crippen LogP contribution < -0.4 is 10.9 Å². The first-order valence-corrected chi connectivity index (χ1v) is 11.8. The third-order valence-corrected chi connectivity index (χ3v) is 6.45. The topological polar surface area (TPSA) is 92.1 Å². The number of rotatable bonds is 6. The zero-order valence-corrected chi connectivity index (χ0v) is 20.2. The maximum Gasteiger partial charge on any atom is 0.290 e. The molecule has 0 saturated carbocycles. The van der Waals surface area contributed by atoms with E-state index in [1.165, 1.54) is 21.8 Å². The molecule has 0 bridgehead atoms. The fourth-order valence-corrected chi connectivity index (χ4v) is 4.55. The number of amides is 1. The summed E-state index contributed by atoms with van der Waals surface area (Å²) < 4.78 is 1.50. The Morgan fingerprint density at radius 2 is 1.76 bits per heavy atom. The highest BCUT2D eigenvalue weighted by atomic mass is 32.2. The van der Waals surface area contributed by atoms with Crippen molar-refractivity contribution in [3.05, 3.63) is 75.1 Å². The summed E-state index contributed by atoms with van der Waals surface area (Å²) in [6.07, 6.45) is 0. The number of aromatic nitrogens is 4. The summed E-state index contributed by atoms with van der Waals surface area (Å²) >= 11 is 1.22. The predicted molar refractivity (Wildman–Crippen MR) is 133 cm³/mol. The molecule has 0 radical (unpaired) electrons. The van der Waals surface area contributed by atoms with Gasteiger partial charge in [-0.2, -0.15) is 5.10 Å². The van der Waals surface area contributed by atoms with Crippen LogP contribution in [0.3, 0.4) is 0 Å². The first kappa shape index (κ1) is 22.8. The summed E-state index contributed by atoms with van der Waals surface area (Å²) in [5.74, 6) is 0.431. The van der Waals surface area contributed by atoms with E-state index in [2.05, 4.69) is 46.6 Å². The summed E-state index contributed by atoms with van der Waals surface area (Å²) in [6, 6.07) is 14.0. The molecule has 0 atom stereocenters. The molecule has 1 amide bonds. The van der Waals surface area contributed by atoms with E-state index in [4.69, 9.17) is 0 Å². The molecule has 8 heteroatoms. The van der Waals surface area contributed by atoms with Gasteiger partial charge < -0.3 is 5.32 Å². The van der Waals surface area contributed by atoms with Gasteiger partial charge in [-0.25, -0.2) is 9.61 Å². The van der Waals surface area contributed by atoms with Crippen molar-refractivity contribution in [2.45, 2.75) is 45.7 Å². The van der Waals surface area contributed by atoms with Gasteiger partial charge in [-0.05, 0) is 49.4 Å². The average molecular weight is 462 g/mol. The number of benzene rings is 2. The number of H-pyrrole nitrogens is 1. The van der Waals surface area contributed by atoms with Gasteiger partial charge in [0.25, 0.3) is 5.56 Å². The molecule has 2 N–H and O–H groups in total. The molecule has 0 aliphatic rings. The minimum absolute atomic E-state index is 0.138. The van der Waals surface area contributed by atoms with E-state index in [1.54, 1.807) is 6.07 Å².